The Morgan fingerprint density at radius 1 is 0.962 bits per heavy atom. The van der Waals surface area contributed by atoms with Gasteiger partial charge in [-0.1, -0.05) is 64.7 Å². The number of aliphatic hydroxyl groups is 1. The van der Waals surface area contributed by atoms with Gasteiger partial charge in [0, 0.05) is 7.11 Å². The topological polar surface area (TPSA) is 105 Å². The van der Waals surface area contributed by atoms with E-state index in [1.807, 2.05) is 0 Å². The van der Waals surface area contributed by atoms with E-state index >= 15 is 0 Å². The first-order valence-electron chi connectivity index (χ1n) is 9.63. The molecule has 156 valence electrons. The number of rotatable bonds is 18. The van der Waals surface area contributed by atoms with Gasteiger partial charge in [-0.3, -0.25) is 4.52 Å². The molecule has 8 heteroatoms. The van der Waals surface area contributed by atoms with Gasteiger partial charge >= 0.3 is 7.82 Å². The first kappa shape index (κ1) is 25.4. The SMILES string of the molecule is CCCCCCCCCCCC/C=C(\O)OC[C@H](COP(=O)(O)O)OC. The highest BCUT2D eigenvalue weighted by atomic mass is 31.2. The van der Waals surface area contributed by atoms with Crippen LogP contribution in [0.1, 0.15) is 77.6 Å². The lowest BCUT2D eigenvalue weighted by Crippen LogP contribution is -2.23. The minimum atomic E-state index is -4.53. The van der Waals surface area contributed by atoms with Gasteiger partial charge in [-0.25, -0.2) is 4.57 Å². The molecule has 0 amide bonds. The zero-order valence-electron chi connectivity index (χ0n) is 16.3. The van der Waals surface area contributed by atoms with E-state index in [-0.39, 0.29) is 19.2 Å². The molecule has 0 bridgehead atoms. The van der Waals surface area contributed by atoms with Crippen LogP contribution in [-0.4, -0.2) is 41.3 Å². The Morgan fingerprint density at radius 3 is 2.00 bits per heavy atom. The number of hydrogen-bond acceptors (Lipinski definition) is 5. The van der Waals surface area contributed by atoms with Crippen molar-refractivity contribution in [2.75, 3.05) is 20.3 Å². The second-order valence-corrected chi connectivity index (χ2v) is 7.71. The molecule has 0 saturated carbocycles. The molecule has 0 fully saturated rings. The Hall–Kier alpha value is -0.590. The van der Waals surface area contributed by atoms with Gasteiger partial charge in [-0.2, -0.15) is 0 Å². The summed E-state index contributed by atoms with van der Waals surface area (Å²) in [5.41, 5.74) is 0. The fraction of sp³-hybridized carbons (Fsp3) is 0.889. The molecule has 0 aliphatic heterocycles. The van der Waals surface area contributed by atoms with Gasteiger partial charge in [-0.05, 0) is 18.9 Å². The molecular formula is C18H37O7P. The molecule has 3 N–H and O–H groups in total. The number of aliphatic hydroxyl groups excluding tert-OH is 1. The third kappa shape index (κ3) is 18.2. The van der Waals surface area contributed by atoms with Crippen LogP contribution in [0.3, 0.4) is 0 Å². The Labute approximate surface area is 158 Å². The standard InChI is InChI=1S/C18H37O7P/c1-3-4-5-6-7-8-9-10-11-12-13-14-18(19)24-15-17(23-2)16-25-26(20,21)22/h14,17,19H,3-13,15-16H2,1-2H3,(H2,20,21,22)/b18-14+/t17-/m1/s1. The monoisotopic (exact) mass is 396 g/mol. The summed E-state index contributed by atoms with van der Waals surface area (Å²) in [6.45, 7) is 1.87. The van der Waals surface area contributed by atoms with Gasteiger partial charge in [0.25, 0.3) is 5.95 Å². The fourth-order valence-electron chi connectivity index (χ4n) is 2.46. The van der Waals surface area contributed by atoms with E-state index in [1.54, 1.807) is 6.08 Å². The summed E-state index contributed by atoms with van der Waals surface area (Å²) in [5, 5.41) is 9.65. The van der Waals surface area contributed by atoms with Crippen LogP contribution in [0.2, 0.25) is 0 Å². The summed E-state index contributed by atoms with van der Waals surface area (Å²) in [5.74, 6) is -0.195. The maximum atomic E-state index is 10.6. The Morgan fingerprint density at radius 2 is 1.50 bits per heavy atom. The zero-order valence-corrected chi connectivity index (χ0v) is 17.2. The lowest BCUT2D eigenvalue weighted by atomic mass is 10.1. The minimum absolute atomic E-state index is 0.0448. The number of unbranched alkanes of at least 4 members (excludes halogenated alkanes) is 10. The molecule has 0 aromatic heterocycles. The van der Waals surface area contributed by atoms with Crippen molar-refractivity contribution in [3.63, 3.8) is 0 Å². The molecular weight excluding hydrogens is 359 g/mol. The van der Waals surface area contributed by atoms with Gasteiger partial charge in [-0.15, -0.1) is 0 Å². The average molecular weight is 396 g/mol. The van der Waals surface area contributed by atoms with Crippen LogP contribution >= 0.6 is 7.82 Å². The van der Waals surface area contributed by atoms with Crippen LogP contribution < -0.4 is 0 Å². The van der Waals surface area contributed by atoms with Crippen LogP contribution in [0.15, 0.2) is 12.0 Å². The van der Waals surface area contributed by atoms with Crippen molar-refractivity contribution in [3.05, 3.63) is 12.0 Å². The van der Waals surface area contributed by atoms with Crippen molar-refractivity contribution in [1.29, 1.82) is 0 Å². The van der Waals surface area contributed by atoms with Gasteiger partial charge < -0.3 is 24.4 Å². The van der Waals surface area contributed by atoms with Gasteiger partial charge in [0.1, 0.15) is 12.7 Å². The molecule has 26 heavy (non-hydrogen) atoms. The molecule has 7 nitrogen and oxygen atoms in total. The third-order valence-corrected chi connectivity index (χ3v) is 4.54. The van der Waals surface area contributed by atoms with Crippen molar-refractivity contribution < 1.29 is 33.5 Å². The predicted octanol–water partition coefficient (Wildman–Crippen LogP) is 4.84. The number of phosphoric ester groups is 1. The molecule has 0 spiro atoms. The van der Waals surface area contributed by atoms with Crippen LogP contribution in [0.5, 0.6) is 0 Å². The molecule has 1 atom stereocenters. The van der Waals surface area contributed by atoms with Gasteiger partial charge in [0.05, 0.1) is 6.61 Å². The highest BCUT2D eigenvalue weighted by Crippen LogP contribution is 2.35. The third-order valence-electron chi connectivity index (χ3n) is 4.06. The van der Waals surface area contributed by atoms with E-state index in [1.165, 1.54) is 58.5 Å². The van der Waals surface area contributed by atoms with Crippen molar-refractivity contribution in [1.82, 2.24) is 0 Å². The lowest BCUT2D eigenvalue weighted by molar-refractivity contribution is -0.0240. The van der Waals surface area contributed by atoms with E-state index < -0.39 is 13.9 Å². The zero-order chi connectivity index (χ0) is 19.7. The lowest BCUT2D eigenvalue weighted by Gasteiger charge is -2.16. The van der Waals surface area contributed by atoms with Crippen molar-refractivity contribution in [2.45, 2.75) is 83.7 Å². The summed E-state index contributed by atoms with van der Waals surface area (Å²) in [4.78, 5) is 17.3. The first-order chi connectivity index (χ1) is 12.4. The van der Waals surface area contributed by atoms with E-state index in [2.05, 4.69) is 11.4 Å². The fourth-order valence-corrected chi connectivity index (χ4v) is 2.82. The number of allylic oxidation sites excluding steroid dienone is 1. The second-order valence-electron chi connectivity index (χ2n) is 6.47. The summed E-state index contributed by atoms with van der Waals surface area (Å²) in [6.07, 6.45) is 14.3. The van der Waals surface area contributed by atoms with Gasteiger partial charge in [0.15, 0.2) is 0 Å². The number of ether oxygens (including phenoxy) is 2. The first-order valence-corrected chi connectivity index (χ1v) is 11.2. The molecule has 0 aliphatic carbocycles. The van der Waals surface area contributed by atoms with Crippen molar-refractivity contribution >= 4 is 7.82 Å². The number of phosphoric acid groups is 1. The summed E-state index contributed by atoms with van der Waals surface area (Å²) in [7, 11) is -3.16. The predicted molar refractivity (Wildman–Crippen MR) is 102 cm³/mol. The molecule has 0 unspecified atom stereocenters. The average Bonchev–Trinajstić information content (AvgIpc) is 2.59. The number of methoxy groups -OCH3 is 1. The Balaban J connectivity index is 3.61. The maximum absolute atomic E-state index is 10.6. The Kier molecular flexibility index (Phi) is 16.2. The molecule has 0 aromatic carbocycles. The summed E-state index contributed by atoms with van der Waals surface area (Å²) in [6, 6.07) is 0. The van der Waals surface area contributed by atoms with E-state index in [0.29, 0.717) is 0 Å². The van der Waals surface area contributed by atoms with Crippen molar-refractivity contribution in [3.8, 4) is 0 Å². The molecule has 0 radical (unpaired) electrons. The van der Waals surface area contributed by atoms with Crippen LogP contribution in [0, 0.1) is 0 Å². The summed E-state index contributed by atoms with van der Waals surface area (Å²) < 4.78 is 25.1. The smallest absolute Gasteiger partial charge is 0.469 e. The quantitative estimate of drug-likeness (QED) is 0.173. The molecule has 0 heterocycles. The van der Waals surface area contributed by atoms with Gasteiger partial charge in [0.2, 0.25) is 0 Å². The molecule has 0 saturated heterocycles. The van der Waals surface area contributed by atoms with E-state index in [0.717, 1.165) is 19.3 Å². The largest absolute Gasteiger partial charge is 0.481 e. The Bertz CT molecular complexity index is 395. The van der Waals surface area contributed by atoms with Crippen LogP contribution in [0.25, 0.3) is 0 Å². The molecule has 0 rings (SSSR count). The highest BCUT2D eigenvalue weighted by molar-refractivity contribution is 7.46. The van der Waals surface area contributed by atoms with Crippen molar-refractivity contribution in [2.24, 2.45) is 0 Å². The molecule has 0 aromatic rings. The maximum Gasteiger partial charge on any atom is 0.469 e. The highest BCUT2D eigenvalue weighted by Gasteiger charge is 2.18. The second kappa shape index (κ2) is 16.6. The number of hydrogen-bond donors (Lipinski definition) is 3. The van der Waals surface area contributed by atoms with Crippen LogP contribution in [0.4, 0.5) is 0 Å². The summed E-state index contributed by atoms with van der Waals surface area (Å²) >= 11 is 0. The van der Waals surface area contributed by atoms with Crippen LogP contribution in [-0.2, 0) is 18.6 Å². The normalized spacial score (nSPS) is 13.8. The minimum Gasteiger partial charge on any atom is -0.481 e. The van der Waals surface area contributed by atoms with E-state index in [9.17, 15) is 9.67 Å². The van der Waals surface area contributed by atoms with E-state index in [4.69, 9.17) is 19.3 Å². The molecule has 0 aliphatic rings.